The summed E-state index contributed by atoms with van der Waals surface area (Å²) in [4.78, 5) is 32.5. The standard InChI is InChI=1S/C16H15N3O3S/c1-9-6-12-14(20)18-13(19-16(12)23-9)15(21)17-8-10-4-3-5-11(7-10)22-2/h3-7H,8H2,1-2H3,(H,17,21)(H,18,19,20). The Morgan fingerprint density at radius 3 is 3.00 bits per heavy atom. The van der Waals surface area contributed by atoms with Crippen LogP contribution in [0.4, 0.5) is 0 Å². The van der Waals surface area contributed by atoms with Crippen LogP contribution in [-0.4, -0.2) is 23.0 Å². The van der Waals surface area contributed by atoms with Gasteiger partial charge in [0.1, 0.15) is 10.6 Å². The Labute approximate surface area is 136 Å². The SMILES string of the molecule is COc1cccc(CNC(=O)c2nc3sc(C)cc3c(=O)[nH]2)c1. The monoisotopic (exact) mass is 329 g/mol. The van der Waals surface area contributed by atoms with Crippen molar-refractivity contribution in [3.63, 3.8) is 0 Å². The number of H-pyrrole nitrogens is 1. The highest BCUT2D eigenvalue weighted by Gasteiger charge is 2.13. The third-order valence-electron chi connectivity index (χ3n) is 3.33. The molecule has 118 valence electrons. The maximum absolute atomic E-state index is 12.2. The number of aryl methyl sites for hydroxylation is 1. The van der Waals surface area contributed by atoms with Gasteiger partial charge in [-0.05, 0) is 30.7 Å². The minimum absolute atomic E-state index is 0.0206. The van der Waals surface area contributed by atoms with Crippen molar-refractivity contribution in [2.24, 2.45) is 0 Å². The molecule has 3 aromatic rings. The molecule has 2 aromatic heterocycles. The zero-order valence-corrected chi connectivity index (χ0v) is 13.5. The topological polar surface area (TPSA) is 84.1 Å². The van der Waals surface area contributed by atoms with Gasteiger partial charge in [-0.1, -0.05) is 12.1 Å². The van der Waals surface area contributed by atoms with Crippen LogP contribution in [0.2, 0.25) is 0 Å². The second-order valence-electron chi connectivity index (χ2n) is 5.02. The molecule has 7 heteroatoms. The van der Waals surface area contributed by atoms with Crippen LogP contribution in [-0.2, 0) is 6.54 Å². The second-order valence-corrected chi connectivity index (χ2v) is 6.26. The first-order valence-corrected chi connectivity index (χ1v) is 7.80. The summed E-state index contributed by atoms with van der Waals surface area (Å²) in [5.74, 6) is 0.323. The normalized spacial score (nSPS) is 10.7. The number of methoxy groups -OCH3 is 1. The van der Waals surface area contributed by atoms with E-state index in [0.29, 0.717) is 16.8 Å². The minimum Gasteiger partial charge on any atom is -0.497 e. The number of carbonyl (C=O) groups excluding carboxylic acids is 1. The molecular formula is C16H15N3O3S. The molecule has 0 unspecified atom stereocenters. The molecule has 0 saturated carbocycles. The highest BCUT2D eigenvalue weighted by atomic mass is 32.1. The number of thiophene rings is 1. The van der Waals surface area contributed by atoms with E-state index in [4.69, 9.17) is 4.74 Å². The van der Waals surface area contributed by atoms with E-state index in [1.54, 1.807) is 13.2 Å². The van der Waals surface area contributed by atoms with Gasteiger partial charge in [-0.15, -0.1) is 11.3 Å². The summed E-state index contributed by atoms with van der Waals surface area (Å²) in [5, 5.41) is 3.25. The molecule has 1 aromatic carbocycles. The van der Waals surface area contributed by atoms with Crippen LogP contribution < -0.4 is 15.6 Å². The van der Waals surface area contributed by atoms with Gasteiger partial charge in [0.05, 0.1) is 12.5 Å². The summed E-state index contributed by atoms with van der Waals surface area (Å²) in [7, 11) is 1.59. The number of rotatable bonds is 4. The first-order chi connectivity index (χ1) is 11.1. The molecule has 0 atom stereocenters. The predicted molar refractivity (Wildman–Crippen MR) is 89.1 cm³/mol. The summed E-state index contributed by atoms with van der Waals surface area (Å²) in [5.41, 5.74) is 0.596. The number of amides is 1. The number of nitrogens with zero attached hydrogens (tertiary/aromatic N) is 1. The molecule has 1 amide bonds. The molecule has 0 saturated heterocycles. The first kappa shape index (κ1) is 15.2. The van der Waals surface area contributed by atoms with Crippen LogP contribution in [0.15, 0.2) is 35.1 Å². The van der Waals surface area contributed by atoms with Crippen molar-refractivity contribution in [3.8, 4) is 5.75 Å². The van der Waals surface area contributed by atoms with Crippen molar-refractivity contribution in [2.45, 2.75) is 13.5 Å². The summed E-state index contributed by atoms with van der Waals surface area (Å²) in [6.45, 7) is 2.22. The van der Waals surface area contributed by atoms with Crippen molar-refractivity contribution >= 4 is 27.5 Å². The van der Waals surface area contributed by atoms with Gasteiger partial charge in [0, 0.05) is 11.4 Å². The van der Waals surface area contributed by atoms with Crippen LogP contribution in [0.5, 0.6) is 5.75 Å². The summed E-state index contributed by atoms with van der Waals surface area (Å²) >= 11 is 1.39. The number of hydrogen-bond acceptors (Lipinski definition) is 5. The van der Waals surface area contributed by atoms with E-state index in [1.165, 1.54) is 11.3 Å². The molecule has 0 spiro atoms. The third kappa shape index (κ3) is 3.24. The molecule has 0 aliphatic carbocycles. The van der Waals surface area contributed by atoms with Gasteiger partial charge in [0.15, 0.2) is 0 Å². The van der Waals surface area contributed by atoms with Gasteiger partial charge < -0.3 is 15.0 Å². The van der Waals surface area contributed by atoms with E-state index in [2.05, 4.69) is 15.3 Å². The average molecular weight is 329 g/mol. The lowest BCUT2D eigenvalue weighted by atomic mass is 10.2. The summed E-state index contributed by atoms with van der Waals surface area (Å²) in [6.07, 6.45) is 0. The van der Waals surface area contributed by atoms with Crippen LogP contribution in [0, 0.1) is 6.92 Å². The van der Waals surface area contributed by atoms with E-state index in [0.717, 1.165) is 16.2 Å². The molecule has 0 radical (unpaired) electrons. The first-order valence-electron chi connectivity index (χ1n) is 6.98. The lowest BCUT2D eigenvalue weighted by Crippen LogP contribution is -2.27. The molecule has 0 fully saturated rings. The van der Waals surface area contributed by atoms with Gasteiger partial charge in [0.25, 0.3) is 11.5 Å². The number of hydrogen-bond donors (Lipinski definition) is 2. The van der Waals surface area contributed by atoms with E-state index < -0.39 is 5.91 Å². The Morgan fingerprint density at radius 1 is 1.39 bits per heavy atom. The number of nitrogens with one attached hydrogen (secondary N) is 2. The molecule has 0 bridgehead atoms. The quantitative estimate of drug-likeness (QED) is 0.769. The highest BCUT2D eigenvalue weighted by Crippen LogP contribution is 2.19. The molecule has 0 aliphatic heterocycles. The molecular weight excluding hydrogens is 314 g/mol. The van der Waals surface area contributed by atoms with Gasteiger partial charge >= 0.3 is 0 Å². The Morgan fingerprint density at radius 2 is 2.22 bits per heavy atom. The summed E-state index contributed by atoms with van der Waals surface area (Å²) in [6, 6.07) is 9.16. The number of aromatic nitrogens is 2. The van der Waals surface area contributed by atoms with Crippen molar-refractivity contribution in [3.05, 3.63) is 57.0 Å². The Hall–Kier alpha value is -2.67. The number of ether oxygens (including phenoxy) is 1. The molecule has 2 heterocycles. The predicted octanol–water partition coefficient (Wildman–Crippen LogP) is 2.23. The summed E-state index contributed by atoms with van der Waals surface area (Å²) < 4.78 is 5.14. The van der Waals surface area contributed by atoms with Crippen LogP contribution in [0.3, 0.4) is 0 Å². The number of benzene rings is 1. The zero-order valence-electron chi connectivity index (χ0n) is 12.7. The molecule has 3 rings (SSSR count). The highest BCUT2D eigenvalue weighted by molar-refractivity contribution is 7.18. The second kappa shape index (κ2) is 6.21. The van der Waals surface area contributed by atoms with Crippen molar-refractivity contribution in [2.75, 3.05) is 7.11 Å². The van der Waals surface area contributed by atoms with Gasteiger partial charge in [0.2, 0.25) is 5.82 Å². The van der Waals surface area contributed by atoms with Crippen molar-refractivity contribution in [1.29, 1.82) is 0 Å². The largest absolute Gasteiger partial charge is 0.497 e. The fourth-order valence-corrected chi connectivity index (χ4v) is 3.09. The Bertz CT molecular complexity index is 930. The fourth-order valence-electron chi connectivity index (χ4n) is 2.21. The van der Waals surface area contributed by atoms with Crippen molar-refractivity contribution in [1.82, 2.24) is 15.3 Å². The minimum atomic E-state index is -0.419. The maximum atomic E-state index is 12.2. The van der Waals surface area contributed by atoms with E-state index in [9.17, 15) is 9.59 Å². The number of carbonyl (C=O) groups is 1. The maximum Gasteiger partial charge on any atom is 0.287 e. The van der Waals surface area contributed by atoms with Crippen molar-refractivity contribution < 1.29 is 9.53 Å². The van der Waals surface area contributed by atoms with Crippen LogP contribution >= 0.6 is 11.3 Å². The average Bonchev–Trinajstić information content (AvgIpc) is 2.93. The number of fused-ring (bicyclic) bond motifs is 1. The van der Waals surface area contributed by atoms with E-state index in [1.807, 2.05) is 31.2 Å². The molecule has 6 nitrogen and oxygen atoms in total. The number of aromatic amines is 1. The molecule has 2 N–H and O–H groups in total. The lowest BCUT2D eigenvalue weighted by molar-refractivity contribution is 0.0940. The lowest BCUT2D eigenvalue weighted by Gasteiger charge is -2.06. The Balaban J connectivity index is 1.79. The Kier molecular flexibility index (Phi) is 4.12. The zero-order chi connectivity index (χ0) is 16.4. The van der Waals surface area contributed by atoms with Crippen LogP contribution in [0.25, 0.3) is 10.2 Å². The third-order valence-corrected chi connectivity index (χ3v) is 4.27. The fraction of sp³-hybridized carbons (Fsp3) is 0.188. The van der Waals surface area contributed by atoms with Gasteiger partial charge in [-0.25, -0.2) is 4.98 Å². The smallest absolute Gasteiger partial charge is 0.287 e. The molecule has 0 aliphatic rings. The van der Waals surface area contributed by atoms with E-state index >= 15 is 0 Å². The van der Waals surface area contributed by atoms with Crippen LogP contribution in [0.1, 0.15) is 21.1 Å². The van der Waals surface area contributed by atoms with Gasteiger partial charge in [-0.3, -0.25) is 9.59 Å². The van der Waals surface area contributed by atoms with Gasteiger partial charge in [-0.2, -0.15) is 0 Å². The van der Waals surface area contributed by atoms with E-state index in [-0.39, 0.29) is 11.4 Å². The molecule has 23 heavy (non-hydrogen) atoms.